The third-order valence-corrected chi connectivity index (χ3v) is 5.48. The molecule has 0 spiro atoms. The molecule has 6 N–H and O–H groups in total. The Hall–Kier alpha value is -3.55. The molecule has 0 radical (unpaired) electrons. The molecule has 2 atom stereocenters. The molecule has 0 bridgehead atoms. The van der Waals surface area contributed by atoms with Gasteiger partial charge in [-0.3, -0.25) is 4.79 Å². The first-order chi connectivity index (χ1) is 14.2. The second-order valence-corrected chi connectivity index (χ2v) is 7.63. The van der Waals surface area contributed by atoms with Crippen LogP contribution in [0.1, 0.15) is 27.8 Å². The van der Waals surface area contributed by atoms with Crippen molar-refractivity contribution in [3.8, 4) is 5.75 Å². The van der Waals surface area contributed by atoms with Gasteiger partial charge in [-0.15, -0.1) is 0 Å². The third kappa shape index (κ3) is 4.37. The van der Waals surface area contributed by atoms with Crippen LogP contribution in [-0.4, -0.2) is 45.0 Å². The van der Waals surface area contributed by atoms with Crippen molar-refractivity contribution in [2.24, 2.45) is 16.5 Å². The number of guanidine groups is 1. The summed E-state index contributed by atoms with van der Waals surface area (Å²) in [6.45, 7) is 3.84. The Kier molecular flexibility index (Phi) is 5.96. The number of phenols is 1. The number of hydrogen-bond donors (Lipinski definition) is 4. The topological polar surface area (TPSA) is 142 Å². The Morgan fingerprint density at radius 2 is 1.77 bits per heavy atom. The molecule has 0 aromatic heterocycles. The molecule has 30 heavy (non-hydrogen) atoms. The molecule has 1 heterocycles. The number of aromatic hydroxyl groups is 1. The van der Waals surface area contributed by atoms with Gasteiger partial charge in [-0.25, -0.2) is 9.79 Å². The zero-order valence-electron chi connectivity index (χ0n) is 17.0. The highest BCUT2D eigenvalue weighted by Gasteiger charge is 2.37. The lowest BCUT2D eigenvalue weighted by molar-refractivity contribution is -0.151. The van der Waals surface area contributed by atoms with Crippen LogP contribution in [0.4, 0.5) is 0 Å². The van der Waals surface area contributed by atoms with Gasteiger partial charge in [0.05, 0.1) is 0 Å². The molecular weight excluding hydrogens is 384 g/mol. The Morgan fingerprint density at radius 1 is 1.17 bits per heavy atom. The molecule has 1 aliphatic rings. The number of carbonyl (C=O) groups excluding carboxylic acids is 1. The number of nitrogens with zero attached hydrogens (tertiary/aromatic N) is 2. The van der Waals surface area contributed by atoms with Crippen molar-refractivity contribution in [1.29, 1.82) is 0 Å². The van der Waals surface area contributed by atoms with Crippen molar-refractivity contribution < 1.29 is 19.8 Å². The summed E-state index contributed by atoms with van der Waals surface area (Å²) in [4.78, 5) is 30.8. The van der Waals surface area contributed by atoms with Crippen molar-refractivity contribution in [3.63, 3.8) is 0 Å². The number of carboxylic acids is 1. The molecule has 1 aliphatic heterocycles. The number of carbonyl (C=O) groups is 2. The molecule has 0 fully saturated rings. The number of hydrogen-bond acceptors (Lipinski definition) is 4. The molecule has 8 nitrogen and oxygen atoms in total. The Labute approximate surface area is 174 Å². The van der Waals surface area contributed by atoms with E-state index in [4.69, 9.17) is 11.5 Å². The molecule has 158 valence electrons. The van der Waals surface area contributed by atoms with Gasteiger partial charge >= 0.3 is 5.97 Å². The largest absolute Gasteiger partial charge is 0.508 e. The van der Waals surface area contributed by atoms with E-state index in [2.05, 4.69) is 4.99 Å². The molecule has 3 rings (SSSR count). The monoisotopic (exact) mass is 410 g/mol. The SMILES string of the molecule is Cc1cc(O)cc(C)c1C[C@H](N=C(N)N)C(=O)N1Cc2ccccc2C[C@H]1C(=O)O. The van der Waals surface area contributed by atoms with Gasteiger partial charge in [-0.1, -0.05) is 24.3 Å². The zero-order chi connectivity index (χ0) is 22.0. The van der Waals surface area contributed by atoms with E-state index in [-0.39, 0.29) is 31.1 Å². The van der Waals surface area contributed by atoms with E-state index in [0.717, 1.165) is 27.8 Å². The third-order valence-electron chi connectivity index (χ3n) is 5.48. The number of benzene rings is 2. The fourth-order valence-electron chi connectivity index (χ4n) is 4.02. The second-order valence-electron chi connectivity index (χ2n) is 7.63. The Balaban J connectivity index is 1.97. The number of phenolic OH excluding ortho intramolecular Hbond substituents is 1. The molecule has 8 heteroatoms. The van der Waals surface area contributed by atoms with Crippen LogP contribution in [0.2, 0.25) is 0 Å². The maximum Gasteiger partial charge on any atom is 0.326 e. The number of rotatable bonds is 5. The van der Waals surface area contributed by atoms with Gasteiger partial charge < -0.3 is 26.6 Å². The summed E-state index contributed by atoms with van der Waals surface area (Å²) < 4.78 is 0. The summed E-state index contributed by atoms with van der Waals surface area (Å²) in [6, 6.07) is 8.73. The summed E-state index contributed by atoms with van der Waals surface area (Å²) in [5, 5.41) is 19.5. The van der Waals surface area contributed by atoms with Crippen molar-refractivity contribution >= 4 is 17.8 Å². The average Bonchev–Trinajstić information content (AvgIpc) is 2.67. The van der Waals surface area contributed by atoms with Crippen LogP contribution in [0, 0.1) is 13.8 Å². The standard InChI is InChI=1S/C22H26N4O4/c1-12-7-16(27)8-13(2)17(12)10-18(25-22(23)24)20(28)26-11-15-6-4-3-5-14(15)9-19(26)21(29)30/h3-8,18-19,27H,9-11H2,1-2H3,(H,29,30)(H4,23,24,25)/t18-,19-/m0/s1. The van der Waals surface area contributed by atoms with Crippen LogP contribution >= 0.6 is 0 Å². The minimum absolute atomic E-state index is 0.136. The zero-order valence-corrected chi connectivity index (χ0v) is 17.0. The maximum atomic E-state index is 13.4. The van der Waals surface area contributed by atoms with E-state index in [1.54, 1.807) is 12.1 Å². The normalized spacial score (nSPS) is 16.5. The number of carboxylic acid groups (broad SMARTS) is 1. The summed E-state index contributed by atoms with van der Waals surface area (Å²) in [7, 11) is 0. The van der Waals surface area contributed by atoms with E-state index < -0.39 is 24.0 Å². The van der Waals surface area contributed by atoms with E-state index in [1.807, 2.05) is 38.1 Å². The summed E-state index contributed by atoms with van der Waals surface area (Å²) in [5.41, 5.74) is 15.4. The number of fused-ring (bicyclic) bond motifs is 1. The minimum Gasteiger partial charge on any atom is -0.508 e. The smallest absolute Gasteiger partial charge is 0.326 e. The van der Waals surface area contributed by atoms with Crippen LogP contribution in [0.5, 0.6) is 5.75 Å². The van der Waals surface area contributed by atoms with E-state index in [9.17, 15) is 19.8 Å². The van der Waals surface area contributed by atoms with Crippen LogP contribution in [0.3, 0.4) is 0 Å². The van der Waals surface area contributed by atoms with E-state index in [0.29, 0.717) is 0 Å². The van der Waals surface area contributed by atoms with Crippen molar-refractivity contribution in [2.45, 2.75) is 45.3 Å². The Bertz CT molecular complexity index is 991. The lowest BCUT2D eigenvalue weighted by Crippen LogP contribution is -2.52. The number of aryl methyl sites for hydroxylation is 2. The van der Waals surface area contributed by atoms with Gasteiger partial charge in [-0.2, -0.15) is 0 Å². The fourth-order valence-corrected chi connectivity index (χ4v) is 4.02. The van der Waals surface area contributed by atoms with Gasteiger partial charge in [-0.05, 0) is 53.8 Å². The van der Waals surface area contributed by atoms with Crippen molar-refractivity contribution in [1.82, 2.24) is 4.90 Å². The summed E-state index contributed by atoms with van der Waals surface area (Å²) in [6.07, 6.45) is 0.419. The van der Waals surface area contributed by atoms with E-state index in [1.165, 1.54) is 4.90 Å². The van der Waals surface area contributed by atoms with Gasteiger partial charge in [0.15, 0.2) is 5.96 Å². The highest BCUT2D eigenvalue weighted by Crippen LogP contribution is 2.27. The number of aliphatic imine (C=N–C) groups is 1. The number of amides is 1. The lowest BCUT2D eigenvalue weighted by atomic mass is 9.91. The first-order valence-corrected chi connectivity index (χ1v) is 9.65. The highest BCUT2D eigenvalue weighted by atomic mass is 16.4. The quantitative estimate of drug-likeness (QED) is 0.431. The van der Waals surface area contributed by atoms with Crippen LogP contribution in [-0.2, 0) is 29.0 Å². The average molecular weight is 410 g/mol. The predicted octanol–water partition coefficient (Wildman–Crippen LogP) is 1.23. The lowest BCUT2D eigenvalue weighted by Gasteiger charge is -2.36. The minimum atomic E-state index is -1.07. The molecule has 2 aromatic rings. The molecule has 1 amide bonds. The van der Waals surface area contributed by atoms with Crippen LogP contribution < -0.4 is 11.5 Å². The van der Waals surface area contributed by atoms with Crippen molar-refractivity contribution in [3.05, 3.63) is 64.2 Å². The molecule has 0 saturated heterocycles. The predicted molar refractivity (Wildman–Crippen MR) is 113 cm³/mol. The number of aliphatic carboxylic acids is 1. The molecule has 0 saturated carbocycles. The fraction of sp³-hybridized carbons (Fsp3) is 0.318. The summed E-state index contributed by atoms with van der Waals surface area (Å²) >= 11 is 0. The Morgan fingerprint density at radius 3 is 2.33 bits per heavy atom. The molecular formula is C22H26N4O4. The van der Waals surface area contributed by atoms with Gasteiger partial charge in [0.2, 0.25) is 5.91 Å². The first-order valence-electron chi connectivity index (χ1n) is 9.65. The van der Waals surface area contributed by atoms with Gasteiger partial charge in [0.25, 0.3) is 0 Å². The maximum absolute atomic E-state index is 13.4. The van der Waals surface area contributed by atoms with E-state index >= 15 is 0 Å². The first kappa shape index (κ1) is 21.2. The van der Waals surface area contributed by atoms with Crippen LogP contribution in [0.15, 0.2) is 41.4 Å². The second kappa shape index (κ2) is 8.44. The molecule has 2 aromatic carbocycles. The highest BCUT2D eigenvalue weighted by molar-refractivity contribution is 5.90. The summed E-state index contributed by atoms with van der Waals surface area (Å²) in [5.74, 6) is -1.63. The van der Waals surface area contributed by atoms with Gasteiger partial charge in [0.1, 0.15) is 17.8 Å². The molecule has 0 unspecified atom stereocenters. The van der Waals surface area contributed by atoms with Crippen LogP contribution in [0.25, 0.3) is 0 Å². The van der Waals surface area contributed by atoms with Crippen molar-refractivity contribution in [2.75, 3.05) is 0 Å². The van der Waals surface area contributed by atoms with Gasteiger partial charge in [0, 0.05) is 19.4 Å². The molecule has 0 aliphatic carbocycles. The number of nitrogens with two attached hydrogens (primary N) is 2.